The van der Waals surface area contributed by atoms with Crippen molar-refractivity contribution in [3.63, 3.8) is 0 Å². The van der Waals surface area contributed by atoms with Gasteiger partial charge < -0.3 is 5.32 Å². The minimum atomic E-state index is -3.77. The largest absolute Gasteiger partial charge is 0.363 e. The third-order valence-electron chi connectivity index (χ3n) is 1.89. The lowest BCUT2D eigenvalue weighted by Gasteiger charge is -2.22. The van der Waals surface area contributed by atoms with Crippen molar-refractivity contribution in [2.75, 3.05) is 13.7 Å². The maximum absolute atomic E-state index is 12.2. The molecule has 0 saturated carbocycles. The fourth-order valence-electron chi connectivity index (χ4n) is 1.13. The third-order valence-corrected chi connectivity index (χ3v) is 3.96. The van der Waals surface area contributed by atoms with E-state index in [-0.39, 0.29) is 16.6 Å². The minimum Gasteiger partial charge on any atom is -0.363 e. The number of hydrogen-bond acceptors (Lipinski definition) is 4. The van der Waals surface area contributed by atoms with Crippen LogP contribution < -0.4 is 5.32 Å². The summed E-state index contributed by atoms with van der Waals surface area (Å²) < 4.78 is 25.1. The van der Waals surface area contributed by atoms with E-state index in [0.29, 0.717) is 0 Å². The van der Waals surface area contributed by atoms with Crippen molar-refractivity contribution in [2.24, 2.45) is 0 Å². The molecular weight excluding hydrogens is 260 g/mol. The summed E-state index contributed by atoms with van der Waals surface area (Å²) in [7, 11) is -2.23. The fraction of sp³-hybridized carbons (Fsp3) is 0.300. The standard InChI is InChI=1S/C10H14N2O3S2/c1-3-15-12(10(16)11-2)17(13,14)9-7-5-4-6-8-9/h4-8H,3H2,1-2H3,(H,11,16). The van der Waals surface area contributed by atoms with Crippen LogP contribution in [0.15, 0.2) is 35.2 Å². The average molecular weight is 274 g/mol. The van der Waals surface area contributed by atoms with E-state index in [4.69, 9.17) is 17.1 Å². The molecule has 0 heterocycles. The molecule has 1 aromatic carbocycles. The Balaban J connectivity index is 3.14. The summed E-state index contributed by atoms with van der Waals surface area (Å²) in [5, 5.41) is 2.57. The SMILES string of the molecule is CCON(C(=S)NC)S(=O)(=O)c1ccccc1. The number of benzene rings is 1. The molecule has 0 atom stereocenters. The first-order valence-electron chi connectivity index (χ1n) is 4.99. The summed E-state index contributed by atoms with van der Waals surface area (Å²) in [5.74, 6) is 0. The number of rotatable bonds is 4. The van der Waals surface area contributed by atoms with Crippen molar-refractivity contribution in [1.82, 2.24) is 9.79 Å². The van der Waals surface area contributed by atoms with E-state index in [1.165, 1.54) is 19.2 Å². The van der Waals surface area contributed by atoms with Gasteiger partial charge in [0.2, 0.25) is 5.11 Å². The van der Waals surface area contributed by atoms with Crippen molar-refractivity contribution in [3.05, 3.63) is 30.3 Å². The number of hydrogen-bond donors (Lipinski definition) is 1. The molecule has 5 nitrogen and oxygen atoms in total. The van der Waals surface area contributed by atoms with Crippen LogP contribution in [-0.4, -0.2) is 31.7 Å². The molecule has 1 N–H and O–H groups in total. The van der Waals surface area contributed by atoms with Gasteiger partial charge in [-0.1, -0.05) is 18.2 Å². The Hall–Kier alpha value is -1.18. The van der Waals surface area contributed by atoms with Crippen molar-refractivity contribution in [1.29, 1.82) is 0 Å². The van der Waals surface area contributed by atoms with Crippen LogP contribution in [0.2, 0.25) is 0 Å². The molecule has 0 spiro atoms. The first kappa shape index (κ1) is 13.9. The van der Waals surface area contributed by atoms with Crippen molar-refractivity contribution < 1.29 is 13.3 Å². The molecule has 94 valence electrons. The monoisotopic (exact) mass is 274 g/mol. The van der Waals surface area contributed by atoms with E-state index in [2.05, 4.69) is 5.32 Å². The van der Waals surface area contributed by atoms with Gasteiger partial charge in [0.25, 0.3) is 10.0 Å². The summed E-state index contributed by atoms with van der Waals surface area (Å²) in [6.07, 6.45) is 0. The van der Waals surface area contributed by atoms with Crippen molar-refractivity contribution >= 4 is 27.4 Å². The Bertz CT molecular complexity index is 474. The van der Waals surface area contributed by atoms with Gasteiger partial charge >= 0.3 is 0 Å². The number of hydroxylamine groups is 1. The zero-order valence-electron chi connectivity index (χ0n) is 9.58. The Morgan fingerprint density at radius 2 is 2.00 bits per heavy atom. The molecule has 1 rings (SSSR count). The molecular formula is C10H14N2O3S2. The minimum absolute atomic E-state index is 0.00398. The van der Waals surface area contributed by atoms with Crippen LogP contribution in [-0.2, 0) is 14.9 Å². The molecule has 1 aromatic rings. The summed E-state index contributed by atoms with van der Waals surface area (Å²) in [6, 6.07) is 7.98. The molecule has 0 aromatic heterocycles. The van der Waals surface area contributed by atoms with Crippen LogP contribution in [0.1, 0.15) is 6.92 Å². The molecule has 0 fully saturated rings. The highest BCUT2D eigenvalue weighted by Crippen LogP contribution is 2.15. The fourth-order valence-corrected chi connectivity index (χ4v) is 2.73. The van der Waals surface area contributed by atoms with Gasteiger partial charge in [0.15, 0.2) is 0 Å². The highest BCUT2D eigenvalue weighted by molar-refractivity contribution is 7.91. The lowest BCUT2D eigenvalue weighted by Crippen LogP contribution is -2.42. The van der Waals surface area contributed by atoms with Gasteiger partial charge in [-0.05, 0) is 31.3 Å². The maximum atomic E-state index is 12.2. The van der Waals surface area contributed by atoms with E-state index >= 15 is 0 Å². The Morgan fingerprint density at radius 1 is 1.41 bits per heavy atom. The van der Waals surface area contributed by atoms with Gasteiger partial charge in [0, 0.05) is 7.05 Å². The van der Waals surface area contributed by atoms with Crippen LogP contribution in [0.3, 0.4) is 0 Å². The zero-order valence-corrected chi connectivity index (χ0v) is 11.2. The van der Waals surface area contributed by atoms with Crippen LogP contribution in [0.25, 0.3) is 0 Å². The molecule has 0 bridgehead atoms. The molecule has 0 unspecified atom stereocenters. The zero-order chi connectivity index (χ0) is 12.9. The summed E-state index contributed by atoms with van der Waals surface area (Å²) in [5.41, 5.74) is 0. The average Bonchev–Trinajstić information content (AvgIpc) is 2.36. The first-order valence-corrected chi connectivity index (χ1v) is 6.84. The number of thiocarbonyl (C=S) groups is 1. The second-order valence-electron chi connectivity index (χ2n) is 3.02. The lowest BCUT2D eigenvalue weighted by atomic mass is 10.4. The number of nitrogens with one attached hydrogen (secondary N) is 1. The summed E-state index contributed by atoms with van der Waals surface area (Å²) >= 11 is 4.90. The van der Waals surface area contributed by atoms with Gasteiger partial charge in [0.05, 0.1) is 11.5 Å². The predicted octanol–water partition coefficient (Wildman–Crippen LogP) is 1.13. The van der Waals surface area contributed by atoms with Crippen molar-refractivity contribution in [3.8, 4) is 0 Å². The number of nitrogens with zero attached hydrogens (tertiary/aromatic N) is 1. The van der Waals surface area contributed by atoms with Gasteiger partial charge in [-0.25, -0.2) is 0 Å². The molecule has 7 heteroatoms. The smallest absolute Gasteiger partial charge is 0.288 e. The van der Waals surface area contributed by atoms with E-state index in [9.17, 15) is 8.42 Å². The van der Waals surface area contributed by atoms with E-state index in [0.717, 1.165) is 4.47 Å². The molecule has 17 heavy (non-hydrogen) atoms. The van der Waals surface area contributed by atoms with E-state index in [1.807, 2.05) is 0 Å². The van der Waals surface area contributed by atoms with Crippen LogP contribution in [0, 0.1) is 0 Å². The number of sulfonamides is 1. The topological polar surface area (TPSA) is 58.6 Å². The summed E-state index contributed by atoms with van der Waals surface area (Å²) in [6.45, 7) is 1.89. The van der Waals surface area contributed by atoms with Gasteiger partial charge in [-0.3, -0.25) is 4.84 Å². The maximum Gasteiger partial charge on any atom is 0.288 e. The van der Waals surface area contributed by atoms with Gasteiger partial charge in [-0.2, -0.15) is 8.42 Å². The molecule has 0 aliphatic heterocycles. The Kier molecular flexibility index (Phi) is 4.86. The lowest BCUT2D eigenvalue weighted by molar-refractivity contribution is -0.0206. The predicted molar refractivity (Wildman–Crippen MR) is 68.8 cm³/mol. The second-order valence-corrected chi connectivity index (χ2v) is 5.16. The highest BCUT2D eigenvalue weighted by Gasteiger charge is 2.27. The highest BCUT2D eigenvalue weighted by atomic mass is 32.2. The summed E-state index contributed by atoms with van der Waals surface area (Å²) in [4.78, 5) is 5.19. The molecule has 0 aliphatic carbocycles. The Morgan fingerprint density at radius 3 is 2.47 bits per heavy atom. The molecule has 0 amide bonds. The quantitative estimate of drug-likeness (QED) is 0.659. The normalized spacial score (nSPS) is 10.9. The molecule has 0 aliphatic rings. The van der Waals surface area contributed by atoms with Crippen LogP contribution >= 0.6 is 12.2 Å². The first-order chi connectivity index (χ1) is 8.04. The van der Waals surface area contributed by atoms with E-state index in [1.54, 1.807) is 25.1 Å². The second kappa shape index (κ2) is 5.95. The van der Waals surface area contributed by atoms with Gasteiger partial charge in [-0.15, -0.1) is 4.47 Å². The van der Waals surface area contributed by atoms with E-state index < -0.39 is 10.0 Å². The van der Waals surface area contributed by atoms with Crippen LogP contribution in [0.4, 0.5) is 0 Å². The third kappa shape index (κ3) is 3.15. The molecule has 0 radical (unpaired) electrons. The van der Waals surface area contributed by atoms with Gasteiger partial charge in [0.1, 0.15) is 0 Å². The van der Waals surface area contributed by atoms with Crippen LogP contribution in [0.5, 0.6) is 0 Å². The molecule has 0 saturated heterocycles. The Labute approximate surface area is 106 Å². The van der Waals surface area contributed by atoms with Crippen molar-refractivity contribution in [2.45, 2.75) is 11.8 Å².